The van der Waals surface area contributed by atoms with Crippen molar-refractivity contribution in [2.45, 2.75) is 32.2 Å². The third-order valence-corrected chi connectivity index (χ3v) is 3.83. The summed E-state index contributed by atoms with van der Waals surface area (Å²) in [6, 6.07) is 9.33. The molecular formula is C15H23NO. The third kappa shape index (κ3) is 3.08. The van der Waals surface area contributed by atoms with E-state index in [9.17, 15) is 0 Å². The molecule has 1 aliphatic rings. The molecule has 0 spiro atoms. The van der Waals surface area contributed by atoms with Crippen LogP contribution >= 0.6 is 0 Å². The van der Waals surface area contributed by atoms with Crippen LogP contribution in [0.4, 0.5) is 0 Å². The summed E-state index contributed by atoms with van der Waals surface area (Å²) < 4.78 is 5.57. The van der Waals surface area contributed by atoms with Gasteiger partial charge in [-0.05, 0) is 50.3 Å². The molecule has 2 heteroatoms. The molecule has 0 amide bonds. The second-order valence-electron chi connectivity index (χ2n) is 4.83. The first-order chi connectivity index (χ1) is 8.35. The average Bonchev–Trinajstić information content (AvgIpc) is 2.39. The van der Waals surface area contributed by atoms with Crippen molar-refractivity contribution >= 4 is 0 Å². The zero-order valence-corrected chi connectivity index (χ0v) is 10.9. The monoisotopic (exact) mass is 233 g/mol. The van der Waals surface area contributed by atoms with Gasteiger partial charge in [-0.3, -0.25) is 0 Å². The lowest BCUT2D eigenvalue weighted by molar-refractivity contribution is 0.102. The maximum Gasteiger partial charge on any atom is 0.0622 e. The van der Waals surface area contributed by atoms with Crippen molar-refractivity contribution in [3.63, 3.8) is 0 Å². The van der Waals surface area contributed by atoms with Crippen LogP contribution in [0.2, 0.25) is 0 Å². The first kappa shape index (κ1) is 12.6. The van der Waals surface area contributed by atoms with Gasteiger partial charge in [0.2, 0.25) is 0 Å². The SMILES string of the molecule is CCOCC(NC)C1CCc2ccccc2C1. The molecule has 0 saturated carbocycles. The average molecular weight is 233 g/mol. The lowest BCUT2D eigenvalue weighted by Crippen LogP contribution is -2.40. The molecular weight excluding hydrogens is 210 g/mol. The smallest absolute Gasteiger partial charge is 0.0622 e. The lowest BCUT2D eigenvalue weighted by Gasteiger charge is -2.31. The number of nitrogens with one attached hydrogen (secondary N) is 1. The summed E-state index contributed by atoms with van der Waals surface area (Å²) in [4.78, 5) is 0. The van der Waals surface area contributed by atoms with Crippen molar-refractivity contribution in [2.75, 3.05) is 20.3 Å². The van der Waals surface area contributed by atoms with Crippen molar-refractivity contribution in [1.82, 2.24) is 5.32 Å². The number of hydrogen-bond donors (Lipinski definition) is 1. The van der Waals surface area contributed by atoms with Crippen molar-refractivity contribution in [3.8, 4) is 0 Å². The molecule has 0 bridgehead atoms. The van der Waals surface area contributed by atoms with Crippen molar-refractivity contribution in [1.29, 1.82) is 0 Å². The van der Waals surface area contributed by atoms with E-state index in [2.05, 4.69) is 36.5 Å². The Kier molecular flexibility index (Phi) is 4.57. The van der Waals surface area contributed by atoms with Gasteiger partial charge in [0.1, 0.15) is 0 Å². The summed E-state index contributed by atoms with van der Waals surface area (Å²) in [6.45, 7) is 3.70. The van der Waals surface area contributed by atoms with Crippen LogP contribution in [0.15, 0.2) is 24.3 Å². The minimum atomic E-state index is 0.489. The van der Waals surface area contributed by atoms with Crippen molar-refractivity contribution in [3.05, 3.63) is 35.4 Å². The maximum atomic E-state index is 5.57. The topological polar surface area (TPSA) is 21.3 Å². The number of fused-ring (bicyclic) bond motifs is 1. The fourth-order valence-electron chi connectivity index (χ4n) is 2.77. The van der Waals surface area contributed by atoms with Crippen LogP contribution in [-0.4, -0.2) is 26.3 Å². The van der Waals surface area contributed by atoms with Gasteiger partial charge in [-0.25, -0.2) is 0 Å². The number of hydrogen-bond acceptors (Lipinski definition) is 2. The van der Waals surface area contributed by atoms with E-state index in [4.69, 9.17) is 4.74 Å². The van der Waals surface area contributed by atoms with E-state index in [1.165, 1.54) is 30.4 Å². The standard InChI is InChI=1S/C15H23NO/c1-3-17-11-15(16-2)14-9-8-12-6-4-5-7-13(12)10-14/h4-7,14-16H,3,8-11H2,1-2H3. The first-order valence-electron chi connectivity index (χ1n) is 6.67. The van der Waals surface area contributed by atoms with Crippen LogP contribution in [-0.2, 0) is 17.6 Å². The number of aryl methyl sites for hydroxylation is 1. The second-order valence-corrected chi connectivity index (χ2v) is 4.83. The van der Waals surface area contributed by atoms with Gasteiger partial charge in [-0.15, -0.1) is 0 Å². The normalized spacial score (nSPS) is 20.9. The highest BCUT2D eigenvalue weighted by atomic mass is 16.5. The van der Waals surface area contributed by atoms with Crippen molar-refractivity contribution < 1.29 is 4.74 Å². The van der Waals surface area contributed by atoms with Gasteiger partial charge in [-0.1, -0.05) is 24.3 Å². The zero-order chi connectivity index (χ0) is 12.1. The Bertz CT molecular complexity index is 351. The van der Waals surface area contributed by atoms with E-state index in [1.54, 1.807) is 0 Å². The Hall–Kier alpha value is -0.860. The first-order valence-corrected chi connectivity index (χ1v) is 6.67. The van der Waals surface area contributed by atoms with Gasteiger partial charge in [0.05, 0.1) is 6.61 Å². The predicted octanol–water partition coefficient (Wildman–Crippen LogP) is 2.42. The number of benzene rings is 1. The molecule has 2 nitrogen and oxygen atoms in total. The lowest BCUT2D eigenvalue weighted by atomic mass is 9.80. The van der Waals surface area contributed by atoms with Gasteiger partial charge < -0.3 is 10.1 Å². The molecule has 1 aromatic carbocycles. The fraction of sp³-hybridized carbons (Fsp3) is 0.600. The van der Waals surface area contributed by atoms with Gasteiger partial charge in [0.15, 0.2) is 0 Å². The quantitative estimate of drug-likeness (QED) is 0.843. The predicted molar refractivity (Wildman–Crippen MR) is 71.3 cm³/mol. The van der Waals surface area contributed by atoms with Crippen LogP contribution in [0, 0.1) is 5.92 Å². The highest BCUT2D eigenvalue weighted by Crippen LogP contribution is 2.27. The molecule has 2 rings (SSSR count). The van der Waals surface area contributed by atoms with Crippen LogP contribution in [0.3, 0.4) is 0 Å². The van der Waals surface area contributed by atoms with Crippen LogP contribution < -0.4 is 5.32 Å². The van der Waals surface area contributed by atoms with Gasteiger partial charge >= 0.3 is 0 Å². The van der Waals surface area contributed by atoms with Crippen LogP contribution in [0.1, 0.15) is 24.5 Å². The van der Waals surface area contributed by atoms with E-state index in [1.807, 2.05) is 7.05 Å². The van der Waals surface area contributed by atoms with E-state index >= 15 is 0 Å². The van der Waals surface area contributed by atoms with E-state index in [0.29, 0.717) is 12.0 Å². The van der Waals surface area contributed by atoms with Gasteiger partial charge in [-0.2, -0.15) is 0 Å². The minimum Gasteiger partial charge on any atom is -0.380 e. The zero-order valence-electron chi connectivity index (χ0n) is 10.9. The summed E-state index contributed by atoms with van der Waals surface area (Å²) in [5, 5.41) is 3.41. The molecule has 2 unspecified atom stereocenters. The minimum absolute atomic E-state index is 0.489. The molecule has 1 aliphatic carbocycles. The summed E-state index contributed by atoms with van der Waals surface area (Å²) in [7, 11) is 2.05. The maximum absolute atomic E-state index is 5.57. The molecule has 94 valence electrons. The highest BCUT2D eigenvalue weighted by molar-refractivity contribution is 5.30. The third-order valence-electron chi connectivity index (χ3n) is 3.83. The van der Waals surface area contributed by atoms with E-state index in [0.717, 1.165) is 13.2 Å². The second kappa shape index (κ2) is 6.18. The summed E-state index contributed by atoms with van der Waals surface area (Å²) in [6.07, 6.45) is 3.68. The van der Waals surface area contributed by atoms with Gasteiger partial charge in [0.25, 0.3) is 0 Å². The van der Waals surface area contributed by atoms with Crippen LogP contribution in [0.25, 0.3) is 0 Å². The molecule has 17 heavy (non-hydrogen) atoms. The Balaban J connectivity index is 2.00. The number of likely N-dealkylation sites (N-methyl/N-ethyl adjacent to an activating group) is 1. The molecule has 1 N–H and O–H groups in total. The Morgan fingerprint density at radius 1 is 1.35 bits per heavy atom. The van der Waals surface area contributed by atoms with E-state index in [-0.39, 0.29) is 0 Å². The molecule has 0 fully saturated rings. The number of ether oxygens (including phenoxy) is 1. The molecule has 0 aliphatic heterocycles. The molecule has 0 saturated heterocycles. The molecule has 2 atom stereocenters. The molecule has 0 radical (unpaired) electrons. The molecule has 0 aromatic heterocycles. The largest absolute Gasteiger partial charge is 0.380 e. The van der Waals surface area contributed by atoms with E-state index < -0.39 is 0 Å². The van der Waals surface area contributed by atoms with Crippen molar-refractivity contribution in [2.24, 2.45) is 5.92 Å². The Morgan fingerprint density at radius 3 is 2.82 bits per heavy atom. The fourth-order valence-corrected chi connectivity index (χ4v) is 2.77. The summed E-state index contributed by atoms with van der Waals surface area (Å²) in [5.41, 5.74) is 3.07. The Labute approximate surface area is 104 Å². The van der Waals surface area contributed by atoms with Crippen LogP contribution in [0.5, 0.6) is 0 Å². The molecule has 0 heterocycles. The number of rotatable bonds is 5. The van der Waals surface area contributed by atoms with Gasteiger partial charge in [0, 0.05) is 12.6 Å². The highest BCUT2D eigenvalue weighted by Gasteiger charge is 2.25. The Morgan fingerprint density at radius 2 is 2.12 bits per heavy atom. The summed E-state index contributed by atoms with van der Waals surface area (Å²) >= 11 is 0. The molecule has 1 aromatic rings. The summed E-state index contributed by atoms with van der Waals surface area (Å²) in [5.74, 6) is 0.710.